The number of benzene rings is 2. The molecule has 1 aromatic heterocycles. The van der Waals surface area contributed by atoms with Crippen LogP contribution in [0.3, 0.4) is 0 Å². The quantitative estimate of drug-likeness (QED) is 0.612. The fraction of sp³-hybridized carbons (Fsp3) is 0.259. The zero-order valence-corrected chi connectivity index (χ0v) is 18.4. The SMILES string of the molecule is COc1ccc(C#Cc2ccc3c(c2)[C@H]2[C@H](CCN2C(=O)c2ccccn2)[C@H](CO)N3)cc1. The van der Waals surface area contributed by atoms with Gasteiger partial charge in [0.15, 0.2) is 0 Å². The summed E-state index contributed by atoms with van der Waals surface area (Å²) in [6, 6.07) is 18.8. The largest absolute Gasteiger partial charge is 0.497 e. The fourth-order valence-electron chi connectivity index (χ4n) is 4.82. The standard InChI is InChI=1S/C27H25N3O3/c1-33-20-10-7-18(8-11-20)5-6-19-9-12-23-22(16-19)26-21(25(17-31)29-23)13-15-30(26)27(32)24-4-2-3-14-28-24/h2-4,7-12,14,16,21,25-26,29,31H,13,15,17H2,1H3/t21-,25+,26-/m1/s1. The molecule has 1 saturated heterocycles. The fourth-order valence-corrected chi connectivity index (χ4v) is 4.82. The van der Waals surface area contributed by atoms with Gasteiger partial charge in [0.2, 0.25) is 0 Å². The topological polar surface area (TPSA) is 74.7 Å². The molecule has 0 spiro atoms. The lowest BCUT2D eigenvalue weighted by atomic mass is 9.82. The Morgan fingerprint density at radius 2 is 1.94 bits per heavy atom. The van der Waals surface area contributed by atoms with Gasteiger partial charge in [-0.25, -0.2) is 0 Å². The van der Waals surface area contributed by atoms with E-state index in [0.717, 1.165) is 34.5 Å². The van der Waals surface area contributed by atoms with E-state index in [1.807, 2.05) is 47.4 Å². The summed E-state index contributed by atoms with van der Waals surface area (Å²) in [6.45, 7) is 0.648. The highest BCUT2D eigenvalue weighted by Crippen LogP contribution is 2.46. The van der Waals surface area contributed by atoms with Crippen LogP contribution >= 0.6 is 0 Å². The van der Waals surface area contributed by atoms with Crippen molar-refractivity contribution in [2.75, 3.05) is 25.6 Å². The van der Waals surface area contributed by atoms with Crippen molar-refractivity contribution in [1.82, 2.24) is 9.88 Å². The third-order valence-corrected chi connectivity index (χ3v) is 6.46. The van der Waals surface area contributed by atoms with Gasteiger partial charge in [-0.2, -0.15) is 0 Å². The molecule has 3 aromatic rings. The number of likely N-dealkylation sites (tertiary alicyclic amines) is 1. The van der Waals surface area contributed by atoms with Crippen LogP contribution in [0.1, 0.15) is 39.6 Å². The molecule has 0 aliphatic carbocycles. The predicted octanol–water partition coefficient (Wildman–Crippen LogP) is 3.48. The van der Waals surface area contributed by atoms with Crippen molar-refractivity contribution >= 4 is 11.6 Å². The number of carbonyl (C=O) groups is 1. The van der Waals surface area contributed by atoms with E-state index < -0.39 is 0 Å². The molecule has 2 aliphatic heterocycles. The van der Waals surface area contributed by atoms with Crippen molar-refractivity contribution in [3.8, 4) is 17.6 Å². The molecule has 6 heteroatoms. The minimum atomic E-state index is -0.129. The van der Waals surface area contributed by atoms with Crippen LogP contribution in [0.15, 0.2) is 66.9 Å². The van der Waals surface area contributed by atoms with E-state index in [-0.39, 0.29) is 30.5 Å². The third kappa shape index (κ3) is 4.04. The summed E-state index contributed by atoms with van der Waals surface area (Å²) in [5.74, 6) is 7.29. The maximum absolute atomic E-state index is 13.3. The molecule has 33 heavy (non-hydrogen) atoms. The molecule has 2 aliphatic rings. The van der Waals surface area contributed by atoms with E-state index in [1.165, 1.54) is 0 Å². The summed E-state index contributed by atoms with van der Waals surface area (Å²) in [7, 11) is 1.64. The normalized spacial score (nSPS) is 20.7. The number of fused-ring (bicyclic) bond motifs is 3. The molecule has 3 atom stereocenters. The Labute approximate surface area is 193 Å². The number of carbonyl (C=O) groups excluding carboxylic acids is 1. The molecule has 0 bridgehead atoms. The number of aromatic nitrogens is 1. The number of aliphatic hydroxyl groups excluding tert-OH is 1. The zero-order valence-electron chi connectivity index (χ0n) is 18.4. The molecular weight excluding hydrogens is 414 g/mol. The van der Waals surface area contributed by atoms with Gasteiger partial charge in [0.25, 0.3) is 5.91 Å². The minimum Gasteiger partial charge on any atom is -0.497 e. The van der Waals surface area contributed by atoms with Crippen molar-refractivity contribution in [1.29, 1.82) is 0 Å². The third-order valence-electron chi connectivity index (χ3n) is 6.46. The van der Waals surface area contributed by atoms with Crippen molar-refractivity contribution in [2.45, 2.75) is 18.5 Å². The average molecular weight is 440 g/mol. The molecule has 5 rings (SSSR count). The van der Waals surface area contributed by atoms with Gasteiger partial charge in [-0.3, -0.25) is 9.78 Å². The summed E-state index contributed by atoms with van der Waals surface area (Å²) in [6.07, 6.45) is 2.46. The van der Waals surface area contributed by atoms with Gasteiger partial charge in [-0.15, -0.1) is 0 Å². The summed E-state index contributed by atoms with van der Waals surface area (Å²) >= 11 is 0. The molecule has 166 valence electrons. The number of ether oxygens (including phenoxy) is 1. The molecule has 3 heterocycles. The van der Waals surface area contributed by atoms with Gasteiger partial charge in [-0.05, 0) is 66.6 Å². The van der Waals surface area contributed by atoms with Crippen molar-refractivity contribution in [2.24, 2.45) is 5.92 Å². The van der Waals surface area contributed by atoms with Crippen LogP contribution < -0.4 is 10.1 Å². The van der Waals surface area contributed by atoms with Crippen LogP contribution in [0.2, 0.25) is 0 Å². The number of nitrogens with one attached hydrogen (secondary N) is 1. The minimum absolute atomic E-state index is 0.0191. The molecule has 0 radical (unpaired) electrons. The number of nitrogens with zero attached hydrogens (tertiary/aromatic N) is 2. The Morgan fingerprint density at radius 3 is 2.67 bits per heavy atom. The number of pyridine rings is 1. The summed E-state index contributed by atoms with van der Waals surface area (Å²) in [4.78, 5) is 19.5. The van der Waals surface area contributed by atoms with Gasteiger partial charge in [0, 0.05) is 35.5 Å². The monoisotopic (exact) mass is 439 g/mol. The summed E-state index contributed by atoms with van der Waals surface area (Å²) in [5, 5.41) is 13.5. The van der Waals surface area contributed by atoms with Crippen LogP contribution in [0.4, 0.5) is 5.69 Å². The van der Waals surface area contributed by atoms with Crippen LogP contribution in [-0.2, 0) is 0 Å². The number of rotatable bonds is 3. The van der Waals surface area contributed by atoms with Crippen LogP contribution in [-0.4, -0.2) is 47.2 Å². The number of methoxy groups -OCH3 is 1. The van der Waals surface area contributed by atoms with E-state index in [4.69, 9.17) is 4.74 Å². The smallest absolute Gasteiger partial charge is 0.272 e. The van der Waals surface area contributed by atoms with Crippen LogP contribution in [0, 0.1) is 17.8 Å². The van der Waals surface area contributed by atoms with E-state index in [0.29, 0.717) is 12.2 Å². The first-order valence-corrected chi connectivity index (χ1v) is 11.1. The van der Waals surface area contributed by atoms with Gasteiger partial charge >= 0.3 is 0 Å². The van der Waals surface area contributed by atoms with Crippen LogP contribution in [0.25, 0.3) is 0 Å². The summed E-state index contributed by atoms with van der Waals surface area (Å²) < 4.78 is 5.20. The van der Waals surface area contributed by atoms with Crippen molar-refractivity contribution in [3.05, 3.63) is 89.2 Å². The van der Waals surface area contributed by atoms with Crippen LogP contribution in [0.5, 0.6) is 5.75 Å². The molecular formula is C27H25N3O3. The number of hydrogen-bond donors (Lipinski definition) is 2. The molecule has 1 fully saturated rings. The Bertz CT molecular complexity index is 1210. The van der Waals surface area contributed by atoms with Crippen molar-refractivity contribution < 1.29 is 14.6 Å². The average Bonchev–Trinajstić information content (AvgIpc) is 3.33. The molecule has 2 aromatic carbocycles. The lowest BCUT2D eigenvalue weighted by Gasteiger charge is -2.39. The highest BCUT2D eigenvalue weighted by molar-refractivity contribution is 5.93. The van der Waals surface area contributed by atoms with Crippen molar-refractivity contribution in [3.63, 3.8) is 0 Å². The Balaban J connectivity index is 1.49. The first kappa shape index (κ1) is 21.0. The molecule has 0 saturated carbocycles. The molecule has 2 N–H and O–H groups in total. The number of anilines is 1. The second kappa shape index (κ2) is 8.97. The molecule has 0 unspecified atom stereocenters. The first-order valence-electron chi connectivity index (χ1n) is 11.1. The van der Waals surface area contributed by atoms with E-state index in [2.05, 4.69) is 28.2 Å². The Hall–Kier alpha value is -3.82. The predicted molar refractivity (Wildman–Crippen MR) is 126 cm³/mol. The number of hydrogen-bond acceptors (Lipinski definition) is 5. The van der Waals surface area contributed by atoms with E-state index >= 15 is 0 Å². The first-order chi connectivity index (χ1) is 16.2. The maximum atomic E-state index is 13.3. The number of amides is 1. The second-order valence-corrected chi connectivity index (χ2v) is 8.32. The van der Waals surface area contributed by atoms with Gasteiger partial charge in [0.1, 0.15) is 11.4 Å². The van der Waals surface area contributed by atoms with E-state index in [9.17, 15) is 9.90 Å². The number of aliphatic hydroxyl groups is 1. The van der Waals surface area contributed by atoms with Gasteiger partial charge in [-0.1, -0.05) is 17.9 Å². The highest BCUT2D eigenvalue weighted by Gasteiger charge is 2.46. The Morgan fingerprint density at radius 1 is 1.15 bits per heavy atom. The van der Waals surface area contributed by atoms with Gasteiger partial charge < -0.3 is 20.1 Å². The molecule has 1 amide bonds. The zero-order chi connectivity index (χ0) is 22.8. The lowest BCUT2D eigenvalue weighted by Crippen LogP contribution is -2.43. The maximum Gasteiger partial charge on any atom is 0.272 e. The molecule has 6 nitrogen and oxygen atoms in total. The lowest BCUT2D eigenvalue weighted by molar-refractivity contribution is 0.0695. The van der Waals surface area contributed by atoms with Gasteiger partial charge in [0.05, 0.1) is 25.8 Å². The van der Waals surface area contributed by atoms with E-state index in [1.54, 1.807) is 25.4 Å². The Kier molecular flexibility index (Phi) is 5.72. The highest BCUT2D eigenvalue weighted by atomic mass is 16.5. The summed E-state index contributed by atoms with van der Waals surface area (Å²) in [5.41, 5.74) is 4.19. The second-order valence-electron chi connectivity index (χ2n) is 8.32.